The highest BCUT2D eigenvalue weighted by molar-refractivity contribution is 6.38. The Kier molecular flexibility index (Phi) is 8.82. The first kappa shape index (κ1) is 31.7. The first-order valence-corrected chi connectivity index (χ1v) is 16.7. The van der Waals surface area contributed by atoms with Gasteiger partial charge >= 0.3 is 0 Å². The van der Waals surface area contributed by atoms with Crippen LogP contribution in [0.5, 0.6) is 11.5 Å². The fourth-order valence-electron chi connectivity index (χ4n) is 6.30. The van der Waals surface area contributed by atoms with Gasteiger partial charge in [0.15, 0.2) is 6.29 Å². The van der Waals surface area contributed by atoms with Crippen molar-refractivity contribution in [1.29, 1.82) is 0 Å². The molecule has 0 unspecified atom stereocenters. The third-order valence-corrected chi connectivity index (χ3v) is 9.36. The molecule has 0 radical (unpaired) electrons. The number of ether oxygens (including phenoxy) is 2. The van der Waals surface area contributed by atoms with Crippen LogP contribution in [0.1, 0.15) is 43.0 Å². The number of rotatable bonds is 12. The molecule has 5 aromatic carbocycles. The van der Waals surface area contributed by atoms with Crippen LogP contribution >= 0.6 is 23.2 Å². The van der Waals surface area contributed by atoms with Crippen molar-refractivity contribution in [2.45, 2.75) is 39.2 Å². The molecule has 0 amide bonds. The largest absolute Gasteiger partial charge is 0.494 e. The number of pyridine rings is 1. The smallest absolute Gasteiger partial charge is 0.261 e. The molecular weight excluding hydrogens is 649 g/mol. The molecule has 0 atom stereocenters. The summed E-state index contributed by atoms with van der Waals surface area (Å²) in [5.41, 5.74) is 2.84. The van der Waals surface area contributed by atoms with E-state index in [2.05, 4.69) is 13.0 Å². The van der Waals surface area contributed by atoms with Crippen LogP contribution in [0.4, 0.5) is 0 Å². The summed E-state index contributed by atoms with van der Waals surface area (Å²) >= 11 is 12.2. The number of halogens is 2. The lowest BCUT2D eigenvalue weighted by Gasteiger charge is -2.15. The minimum atomic E-state index is -0.367. The van der Waals surface area contributed by atoms with Gasteiger partial charge in [0.25, 0.3) is 11.1 Å². The van der Waals surface area contributed by atoms with Crippen LogP contribution < -0.4 is 20.6 Å². The monoisotopic (exact) mass is 679 g/mol. The van der Waals surface area contributed by atoms with Crippen molar-refractivity contribution in [2.75, 3.05) is 13.2 Å². The maximum atomic E-state index is 13.7. The molecule has 9 heteroatoms. The number of aromatic nitrogens is 1. The van der Waals surface area contributed by atoms with Crippen molar-refractivity contribution < 1.29 is 18.7 Å². The Hall–Kier alpha value is -4.85. The van der Waals surface area contributed by atoms with Gasteiger partial charge in [-0.3, -0.25) is 19.0 Å². The zero-order chi connectivity index (χ0) is 33.4. The molecule has 0 bridgehead atoms. The number of unbranched alkanes of at least 4 members (excludes halogenated alkanes) is 2. The highest BCUT2D eigenvalue weighted by atomic mass is 35.5. The maximum Gasteiger partial charge on any atom is 0.261 e. The summed E-state index contributed by atoms with van der Waals surface area (Å²) in [6.07, 6.45) is 4.31. The van der Waals surface area contributed by atoms with Crippen LogP contribution in [-0.2, 0) is 6.54 Å². The fraction of sp³-hybridized carbons (Fsp3) is 0.205. The molecule has 0 spiro atoms. The molecule has 7 aromatic rings. The van der Waals surface area contributed by atoms with E-state index in [4.69, 9.17) is 37.1 Å². The molecule has 242 valence electrons. The predicted molar refractivity (Wildman–Crippen MR) is 193 cm³/mol. The SMILES string of the molecule is CCCCCOc1ccc(-c2ccc3oc4ccc5c(=O)n(CCCOc6cc(Cl)c(C=O)c(Cl)c6)c(=O)c6ccc(c3c2)c4c56)cc1. The Morgan fingerprint density at radius 2 is 1.29 bits per heavy atom. The third-order valence-electron chi connectivity index (χ3n) is 8.73. The van der Waals surface area contributed by atoms with E-state index in [9.17, 15) is 14.4 Å². The summed E-state index contributed by atoms with van der Waals surface area (Å²) in [5, 5.41) is 4.43. The number of hydrogen-bond acceptors (Lipinski definition) is 6. The van der Waals surface area contributed by atoms with Gasteiger partial charge in [-0.15, -0.1) is 0 Å². The molecule has 7 nitrogen and oxygen atoms in total. The normalized spacial score (nSPS) is 11.6. The van der Waals surface area contributed by atoms with Crippen LogP contribution in [0.3, 0.4) is 0 Å². The molecule has 0 aliphatic carbocycles. The lowest BCUT2D eigenvalue weighted by molar-refractivity contribution is 0.112. The van der Waals surface area contributed by atoms with Crippen LogP contribution in [0, 0.1) is 0 Å². The molecule has 7 rings (SSSR count). The molecule has 0 fully saturated rings. The van der Waals surface area contributed by atoms with Crippen molar-refractivity contribution >= 4 is 73.0 Å². The van der Waals surface area contributed by atoms with Crippen LogP contribution in [0.25, 0.3) is 54.6 Å². The van der Waals surface area contributed by atoms with Gasteiger partial charge in [0, 0.05) is 33.5 Å². The Morgan fingerprint density at radius 3 is 2.00 bits per heavy atom. The molecular formula is C39H31Cl2NO6. The average Bonchev–Trinajstić information content (AvgIpc) is 3.09. The van der Waals surface area contributed by atoms with Gasteiger partial charge in [0.05, 0.1) is 28.8 Å². The first-order chi connectivity index (χ1) is 23.4. The predicted octanol–water partition coefficient (Wildman–Crippen LogP) is 9.68. The molecule has 0 aliphatic heterocycles. The molecule has 0 N–H and O–H groups in total. The molecule has 0 saturated carbocycles. The summed E-state index contributed by atoms with van der Waals surface area (Å²) in [6.45, 7) is 3.23. The van der Waals surface area contributed by atoms with E-state index in [1.807, 2.05) is 42.5 Å². The van der Waals surface area contributed by atoms with E-state index in [0.717, 1.165) is 52.3 Å². The van der Waals surface area contributed by atoms with Crippen molar-refractivity contribution in [3.8, 4) is 22.6 Å². The van der Waals surface area contributed by atoms with Crippen LogP contribution in [-0.4, -0.2) is 24.1 Å². The van der Waals surface area contributed by atoms with Gasteiger partial charge < -0.3 is 13.9 Å². The topological polar surface area (TPSA) is 87.7 Å². The summed E-state index contributed by atoms with van der Waals surface area (Å²) in [6, 6.07) is 24.4. The summed E-state index contributed by atoms with van der Waals surface area (Å²) in [7, 11) is 0. The van der Waals surface area contributed by atoms with Crippen molar-refractivity contribution in [3.63, 3.8) is 0 Å². The van der Waals surface area contributed by atoms with Gasteiger partial charge in [-0.05, 0) is 84.0 Å². The van der Waals surface area contributed by atoms with Crippen LogP contribution in [0.15, 0.2) is 92.9 Å². The molecule has 0 saturated heterocycles. The maximum absolute atomic E-state index is 13.7. The number of fused-ring (bicyclic) bond motifs is 2. The third kappa shape index (κ3) is 5.78. The Balaban J connectivity index is 1.20. The minimum absolute atomic E-state index is 0.154. The molecule has 0 aliphatic rings. The van der Waals surface area contributed by atoms with E-state index in [1.54, 1.807) is 18.2 Å². The Bertz CT molecular complexity index is 2370. The van der Waals surface area contributed by atoms with Gasteiger partial charge in [-0.2, -0.15) is 0 Å². The van der Waals surface area contributed by atoms with Crippen molar-refractivity contribution in [3.05, 3.63) is 115 Å². The van der Waals surface area contributed by atoms with Crippen molar-refractivity contribution in [1.82, 2.24) is 4.57 Å². The Labute approximate surface area is 285 Å². The second kappa shape index (κ2) is 13.3. The number of hydrogen-bond donors (Lipinski definition) is 0. The molecule has 2 heterocycles. The first-order valence-electron chi connectivity index (χ1n) is 16.0. The minimum Gasteiger partial charge on any atom is -0.494 e. The van der Waals surface area contributed by atoms with Crippen LogP contribution in [0.2, 0.25) is 10.0 Å². The van der Waals surface area contributed by atoms with E-state index < -0.39 is 0 Å². The number of nitrogens with zero attached hydrogens (tertiary/aromatic N) is 1. The van der Waals surface area contributed by atoms with Crippen molar-refractivity contribution in [2.24, 2.45) is 0 Å². The fourth-order valence-corrected chi connectivity index (χ4v) is 6.86. The molecule has 2 aromatic heterocycles. The summed E-state index contributed by atoms with van der Waals surface area (Å²) < 4.78 is 19.2. The number of carbonyl (C=O) groups is 1. The molecule has 48 heavy (non-hydrogen) atoms. The number of aldehydes is 1. The second-order valence-corrected chi connectivity index (χ2v) is 12.6. The zero-order valence-electron chi connectivity index (χ0n) is 26.2. The van der Waals surface area contributed by atoms with E-state index in [-0.39, 0.29) is 39.9 Å². The lowest BCUT2D eigenvalue weighted by Crippen LogP contribution is -2.33. The standard InChI is InChI=1S/C39H31Cl2NO6/c1-2-3-4-17-46-25-9-6-23(7-10-25)24-8-14-34-30(19-24)27-11-12-28-36-29(13-15-35(48-34)37(27)36)39(45)42(38(28)44)16-5-18-47-26-20-32(40)31(22-43)33(41)21-26/h6-15,19-22H,2-5,16-18H2,1H3. The highest BCUT2D eigenvalue weighted by Crippen LogP contribution is 2.38. The summed E-state index contributed by atoms with van der Waals surface area (Å²) in [4.78, 5) is 38.6. The lowest BCUT2D eigenvalue weighted by atomic mass is 9.95. The van der Waals surface area contributed by atoms with E-state index >= 15 is 0 Å². The van der Waals surface area contributed by atoms with Gasteiger partial charge in [-0.1, -0.05) is 67.2 Å². The van der Waals surface area contributed by atoms with Gasteiger partial charge in [0.1, 0.15) is 22.7 Å². The van der Waals surface area contributed by atoms with E-state index in [0.29, 0.717) is 52.4 Å². The average molecular weight is 681 g/mol. The highest BCUT2D eigenvalue weighted by Gasteiger charge is 2.19. The van der Waals surface area contributed by atoms with Gasteiger partial charge in [-0.25, -0.2) is 0 Å². The zero-order valence-corrected chi connectivity index (χ0v) is 27.7. The number of carbonyl (C=O) groups excluding carboxylic acids is 1. The number of benzene rings is 5. The van der Waals surface area contributed by atoms with Gasteiger partial charge in [0.2, 0.25) is 0 Å². The quantitative estimate of drug-likeness (QED) is 0.0553. The van der Waals surface area contributed by atoms with E-state index in [1.165, 1.54) is 16.7 Å². The second-order valence-electron chi connectivity index (χ2n) is 11.8. The Morgan fingerprint density at radius 1 is 0.667 bits per heavy atom. The summed E-state index contributed by atoms with van der Waals surface area (Å²) in [5.74, 6) is 1.24.